The Morgan fingerprint density at radius 3 is 2.45 bits per heavy atom. The van der Waals surface area contributed by atoms with Crippen LogP contribution in [0.3, 0.4) is 0 Å². The second kappa shape index (κ2) is 6.34. The van der Waals surface area contributed by atoms with Crippen LogP contribution in [0.15, 0.2) is 42.5 Å². The molecular weight excluding hydrogens is 264 g/mol. The van der Waals surface area contributed by atoms with Gasteiger partial charge in [0.15, 0.2) is 11.6 Å². The van der Waals surface area contributed by atoms with E-state index in [1.54, 1.807) is 6.07 Å². The number of halogens is 2. The highest BCUT2D eigenvalue weighted by molar-refractivity contribution is 5.47. The van der Waals surface area contributed by atoms with Gasteiger partial charge in [-0.1, -0.05) is 12.1 Å². The second-order valence-corrected chi connectivity index (χ2v) is 4.30. The van der Waals surface area contributed by atoms with Crippen molar-refractivity contribution in [3.05, 3.63) is 59.7 Å². The smallest absolute Gasteiger partial charge is 0.167 e. The number of rotatable bonds is 5. The quantitative estimate of drug-likeness (QED) is 0.883. The normalized spacial score (nSPS) is 12.0. The maximum Gasteiger partial charge on any atom is 0.167 e. The zero-order chi connectivity index (χ0) is 14.5. The van der Waals surface area contributed by atoms with E-state index in [0.29, 0.717) is 11.3 Å². The summed E-state index contributed by atoms with van der Waals surface area (Å²) in [6.45, 7) is 0.192. The molecule has 3 nitrogen and oxygen atoms in total. The number of ether oxygens (including phenoxy) is 1. The van der Waals surface area contributed by atoms with Crippen LogP contribution in [0.2, 0.25) is 0 Å². The second-order valence-electron chi connectivity index (χ2n) is 4.30. The molecule has 0 radical (unpaired) electrons. The maximum atomic E-state index is 13.5. The van der Waals surface area contributed by atoms with Gasteiger partial charge < -0.3 is 15.2 Å². The van der Waals surface area contributed by atoms with Crippen LogP contribution in [0.25, 0.3) is 0 Å². The number of methoxy groups -OCH3 is 1. The Hall–Kier alpha value is -2.14. The Bertz CT molecular complexity index is 573. The van der Waals surface area contributed by atoms with Gasteiger partial charge in [0.1, 0.15) is 5.82 Å². The average Bonchev–Trinajstić information content (AvgIpc) is 2.45. The molecule has 0 saturated heterocycles. The van der Waals surface area contributed by atoms with Crippen LogP contribution in [0, 0.1) is 11.6 Å². The summed E-state index contributed by atoms with van der Waals surface area (Å²) in [5, 5.41) is 12.8. The van der Waals surface area contributed by atoms with Gasteiger partial charge in [-0.3, -0.25) is 0 Å². The van der Waals surface area contributed by atoms with Gasteiger partial charge in [0.05, 0.1) is 13.2 Å². The number of hydrogen-bond acceptors (Lipinski definition) is 3. The Labute approximate surface area is 115 Å². The highest BCUT2D eigenvalue weighted by atomic mass is 19.1. The molecule has 0 spiro atoms. The molecule has 0 aliphatic carbocycles. The van der Waals surface area contributed by atoms with E-state index in [9.17, 15) is 13.9 Å². The molecule has 0 fully saturated rings. The Morgan fingerprint density at radius 1 is 1.15 bits per heavy atom. The Balaban J connectivity index is 1.97. The molecule has 106 valence electrons. The first-order chi connectivity index (χ1) is 9.60. The molecule has 1 unspecified atom stereocenters. The van der Waals surface area contributed by atoms with Crippen LogP contribution < -0.4 is 10.1 Å². The summed E-state index contributed by atoms with van der Waals surface area (Å²) in [6.07, 6.45) is -0.805. The molecule has 0 aliphatic heterocycles. The number of hydrogen-bond donors (Lipinski definition) is 2. The first-order valence-electron chi connectivity index (χ1n) is 6.11. The molecule has 0 heterocycles. The van der Waals surface area contributed by atoms with Gasteiger partial charge in [0.25, 0.3) is 0 Å². The summed E-state index contributed by atoms with van der Waals surface area (Å²) in [5.41, 5.74) is 1.12. The van der Waals surface area contributed by atoms with Crippen LogP contribution in [-0.4, -0.2) is 18.8 Å². The third-order valence-electron chi connectivity index (χ3n) is 2.91. The lowest BCUT2D eigenvalue weighted by molar-refractivity contribution is 0.191. The van der Waals surface area contributed by atoms with E-state index in [2.05, 4.69) is 5.32 Å². The van der Waals surface area contributed by atoms with Gasteiger partial charge in [-0.15, -0.1) is 0 Å². The Kier molecular flexibility index (Phi) is 4.53. The SMILES string of the molecule is COc1ccc(NCC(O)c2ccc(F)cc2)cc1F. The van der Waals surface area contributed by atoms with Crippen LogP contribution in [0.4, 0.5) is 14.5 Å². The van der Waals surface area contributed by atoms with Crippen LogP contribution in [0.5, 0.6) is 5.75 Å². The minimum Gasteiger partial charge on any atom is -0.494 e. The number of nitrogens with one attached hydrogen (secondary N) is 1. The van der Waals surface area contributed by atoms with E-state index in [-0.39, 0.29) is 18.1 Å². The molecule has 0 aliphatic rings. The number of aliphatic hydroxyl groups is 1. The molecule has 2 rings (SSSR count). The molecule has 2 N–H and O–H groups in total. The summed E-state index contributed by atoms with van der Waals surface area (Å²) in [4.78, 5) is 0. The molecular formula is C15H15F2NO2. The summed E-state index contributed by atoms with van der Waals surface area (Å²) >= 11 is 0. The van der Waals surface area contributed by atoms with Gasteiger partial charge >= 0.3 is 0 Å². The maximum absolute atomic E-state index is 13.5. The van der Waals surface area contributed by atoms with Gasteiger partial charge in [-0.25, -0.2) is 8.78 Å². The van der Waals surface area contributed by atoms with E-state index >= 15 is 0 Å². The lowest BCUT2D eigenvalue weighted by Gasteiger charge is -2.13. The van der Waals surface area contributed by atoms with Gasteiger partial charge in [-0.05, 0) is 29.8 Å². The Morgan fingerprint density at radius 2 is 1.85 bits per heavy atom. The topological polar surface area (TPSA) is 41.5 Å². The molecule has 0 aromatic heterocycles. The molecule has 1 atom stereocenters. The van der Waals surface area contributed by atoms with Crippen molar-refractivity contribution in [2.24, 2.45) is 0 Å². The summed E-state index contributed by atoms with van der Waals surface area (Å²) in [7, 11) is 1.39. The fourth-order valence-electron chi connectivity index (χ4n) is 1.79. The van der Waals surface area contributed by atoms with Crippen LogP contribution in [0.1, 0.15) is 11.7 Å². The van der Waals surface area contributed by atoms with Crippen molar-refractivity contribution < 1.29 is 18.6 Å². The van der Waals surface area contributed by atoms with E-state index < -0.39 is 11.9 Å². The van der Waals surface area contributed by atoms with E-state index in [1.807, 2.05) is 0 Å². The standard InChI is InChI=1S/C15H15F2NO2/c1-20-15-7-6-12(8-13(15)17)18-9-14(19)10-2-4-11(16)5-3-10/h2-8,14,18-19H,9H2,1H3. The van der Waals surface area contributed by atoms with Crippen molar-refractivity contribution in [1.29, 1.82) is 0 Å². The van der Waals surface area contributed by atoms with Gasteiger partial charge in [0, 0.05) is 18.3 Å². The van der Waals surface area contributed by atoms with Crippen molar-refractivity contribution in [2.75, 3.05) is 19.0 Å². The number of benzene rings is 2. The zero-order valence-electron chi connectivity index (χ0n) is 10.9. The largest absolute Gasteiger partial charge is 0.494 e. The van der Waals surface area contributed by atoms with Crippen molar-refractivity contribution in [1.82, 2.24) is 0 Å². The fraction of sp³-hybridized carbons (Fsp3) is 0.200. The third kappa shape index (κ3) is 3.45. The van der Waals surface area contributed by atoms with E-state index in [0.717, 1.165) is 0 Å². The van der Waals surface area contributed by atoms with Crippen molar-refractivity contribution in [2.45, 2.75) is 6.10 Å². The molecule has 2 aromatic carbocycles. The van der Waals surface area contributed by atoms with Crippen molar-refractivity contribution in [3.63, 3.8) is 0 Å². The highest BCUT2D eigenvalue weighted by Gasteiger charge is 2.08. The van der Waals surface area contributed by atoms with Crippen LogP contribution in [-0.2, 0) is 0 Å². The number of aliphatic hydroxyl groups excluding tert-OH is 1. The first kappa shape index (κ1) is 14.3. The minimum absolute atomic E-state index is 0.162. The van der Waals surface area contributed by atoms with Gasteiger partial charge in [-0.2, -0.15) is 0 Å². The minimum atomic E-state index is -0.805. The monoisotopic (exact) mass is 279 g/mol. The number of anilines is 1. The molecule has 0 amide bonds. The van der Waals surface area contributed by atoms with Crippen molar-refractivity contribution >= 4 is 5.69 Å². The van der Waals surface area contributed by atoms with Gasteiger partial charge in [0.2, 0.25) is 0 Å². The summed E-state index contributed by atoms with van der Waals surface area (Å²) in [5.74, 6) is -0.672. The molecule has 5 heteroatoms. The molecule has 20 heavy (non-hydrogen) atoms. The molecule has 0 bridgehead atoms. The van der Waals surface area contributed by atoms with Crippen molar-refractivity contribution in [3.8, 4) is 5.75 Å². The third-order valence-corrected chi connectivity index (χ3v) is 2.91. The molecule has 0 saturated carbocycles. The first-order valence-corrected chi connectivity index (χ1v) is 6.11. The lowest BCUT2D eigenvalue weighted by atomic mass is 10.1. The molecule has 2 aromatic rings. The van der Waals surface area contributed by atoms with E-state index in [4.69, 9.17) is 4.74 Å². The summed E-state index contributed by atoms with van der Waals surface area (Å²) < 4.78 is 31.1. The zero-order valence-corrected chi connectivity index (χ0v) is 10.9. The lowest BCUT2D eigenvalue weighted by Crippen LogP contribution is -2.12. The van der Waals surface area contributed by atoms with E-state index in [1.165, 1.54) is 43.5 Å². The average molecular weight is 279 g/mol. The predicted molar refractivity (Wildman–Crippen MR) is 72.8 cm³/mol. The fourth-order valence-corrected chi connectivity index (χ4v) is 1.79. The summed E-state index contributed by atoms with van der Waals surface area (Å²) in [6, 6.07) is 10.0. The van der Waals surface area contributed by atoms with Crippen LogP contribution >= 0.6 is 0 Å². The highest BCUT2D eigenvalue weighted by Crippen LogP contribution is 2.21. The predicted octanol–water partition coefficient (Wildman–Crippen LogP) is 3.12.